The first-order valence-corrected chi connectivity index (χ1v) is 5.58. The second kappa shape index (κ2) is 5.14. The zero-order valence-corrected chi connectivity index (χ0v) is 9.57. The van der Waals surface area contributed by atoms with Crippen molar-refractivity contribution in [1.29, 1.82) is 0 Å². The molecule has 16 heavy (non-hydrogen) atoms. The molecular weight excluding hydrogens is 224 g/mol. The summed E-state index contributed by atoms with van der Waals surface area (Å²) in [4.78, 5) is 0. The summed E-state index contributed by atoms with van der Waals surface area (Å²) in [5.74, 6) is 0.882. The monoisotopic (exact) mass is 236 g/mol. The van der Waals surface area contributed by atoms with Crippen molar-refractivity contribution in [1.82, 2.24) is 5.16 Å². The van der Waals surface area contributed by atoms with Crippen molar-refractivity contribution in [3.05, 3.63) is 41.2 Å². The number of aromatic nitrogens is 1. The predicted molar refractivity (Wildman–Crippen MR) is 64.3 cm³/mol. The van der Waals surface area contributed by atoms with Crippen LogP contribution < -0.4 is 5.73 Å². The number of nitrogens with zero attached hydrogens (tertiary/aromatic N) is 1. The molecule has 1 aromatic heterocycles. The number of rotatable bonds is 4. The van der Waals surface area contributed by atoms with E-state index in [0.29, 0.717) is 6.54 Å². The molecule has 84 valence electrons. The first-order valence-electron chi connectivity index (χ1n) is 5.21. The van der Waals surface area contributed by atoms with E-state index in [2.05, 4.69) is 5.16 Å². The zero-order chi connectivity index (χ0) is 11.4. The fraction of sp³-hybridized carbons (Fsp3) is 0.250. The Morgan fingerprint density at radius 1 is 1.25 bits per heavy atom. The highest BCUT2D eigenvalue weighted by Crippen LogP contribution is 2.25. The van der Waals surface area contributed by atoms with E-state index in [1.54, 1.807) is 6.20 Å². The van der Waals surface area contributed by atoms with Crippen LogP contribution >= 0.6 is 11.6 Å². The van der Waals surface area contributed by atoms with Gasteiger partial charge < -0.3 is 10.3 Å². The molecule has 0 atom stereocenters. The standard InChI is InChI=1S/C12H13ClN2O/c13-10-5-3-9(4-6-10)11-8-15-16-12(11)2-1-7-14/h3-6,8H,1-2,7,14H2. The molecule has 1 heterocycles. The Morgan fingerprint density at radius 2 is 2.00 bits per heavy atom. The van der Waals surface area contributed by atoms with Crippen LogP contribution in [0.25, 0.3) is 11.1 Å². The quantitative estimate of drug-likeness (QED) is 0.888. The molecule has 0 saturated heterocycles. The van der Waals surface area contributed by atoms with Crippen LogP contribution in [0.5, 0.6) is 0 Å². The number of hydrogen-bond acceptors (Lipinski definition) is 3. The van der Waals surface area contributed by atoms with E-state index in [1.807, 2.05) is 24.3 Å². The number of aryl methyl sites for hydroxylation is 1. The average molecular weight is 237 g/mol. The van der Waals surface area contributed by atoms with Gasteiger partial charge in [0.25, 0.3) is 0 Å². The largest absolute Gasteiger partial charge is 0.361 e. The molecule has 0 aliphatic heterocycles. The lowest BCUT2D eigenvalue weighted by molar-refractivity contribution is 0.382. The lowest BCUT2D eigenvalue weighted by atomic mass is 10.0. The maximum Gasteiger partial charge on any atom is 0.144 e. The molecular formula is C12H13ClN2O. The Bertz CT molecular complexity index is 450. The molecule has 3 nitrogen and oxygen atoms in total. The topological polar surface area (TPSA) is 52.0 Å². The minimum atomic E-state index is 0.654. The Balaban J connectivity index is 2.26. The van der Waals surface area contributed by atoms with E-state index >= 15 is 0 Å². The van der Waals surface area contributed by atoms with Gasteiger partial charge in [0, 0.05) is 17.0 Å². The van der Waals surface area contributed by atoms with E-state index in [9.17, 15) is 0 Å². The van der Waals surface area contributed by atoms with Crippen LogP contribution in [-0.2, 0) is 6.42 Å². The van der Waals surface area contributed by atoms with Gasteiger partial charge in [0.2, 0.25) is 0 Å². The van der Waals surface area contributed by atoms with Crippen molar-refractivity contribution in [3.63, 3.8) is 0 Å². The van der Waals surface area contributed by atoms with Gasteiger partial charge in [-0.1, -0.05) is 28.9 Å². The van der Waals surface area contributed by atoms with E-state index in [0.717, 1.165) is 34.8 Å². The van der Waals surface area contributed by atoms with Gasteiger partial charge >= 0.3 is 0 Å². The van der Waals surface area contributed by atoms with Gasteiger partial charge in [0.15, 0.2) is 0 Å². The number of hydrogen-bond donors (Lipinski definition) is 1. The van der Waals surface area contributed by atoms with E-state index in [-0.39, 0.29) is 0 Å². The normalized spacial score (nSPS) is 10.6. The SMILES string of the molecule is NCCCc1oncc1-c1ccc(Cl)cc1. The third kappa shape index (κ3) is 2.43. The highest BCUT2D eigenvalue weighted by Gasteiger charge is 2.09. The van der Waals surface area contributed by atoms with Crippen molar-refractivity contribution in [2.24, 2.45) is 5.73 Å². The molecule has 4 heteroatoms. The van der Waals surface area contributed by atoms with Gasteiger partial charge in [-0.2, -0.15) is 0 Å². The van der Waals surface area contributed by atoms with Gasteiger partial charge in [0.1, 0.15) is 5.76 Å². The molecule has 2 rings (SSSR count). The average Bonchev–Trinajstić information content (AvgIpc) is 2.75. The predicted octanol–water partition coefficient (Wildman–Crippen LogP) is 2.89. The van der Waals surface area contributed by atoms with Crippen molar-refractivity contribution < 1.29 is 4.52 Å². The van der Waals surface area contributed by atoms with Gasteiger partial charge in [-0.25, -0.2) is 0 Å². The summed E-state index contributed by atoms with van der Waals surface area (Å²) < 4.78 is 5.21. The summed E-state index contributed by atoms with van der Waals surface area (Å²) in [5, 5.41) is 4.55. The third-order valence-electron chi connectivity index (χ3n) is 2.41. The third-order valence-corrected chi connectivity index (χ3v) is 2.66. The van der Waals surface area contributed by atoms with Crippen LogP contribution in [-0.4, -0.2) is 11.7 Å². The first-order chi connectivity index (χ1) is 7.81. The van der Waals surface area contributed by atoms with Crippen molar-refractivity contribution in [2.75, 3.05) is 6.54 Å². The molecule has 0 saturated carbocycles. The van der Waals surface area contributed by atoms with Crippen LogP contribution in [0, 0.1) is 0 Å². The summed E-state index contributed by atoms with van der Waals surface area (Å²) >= 11 is 5.84. The molecule has 2 N–H and O–H groups in total. The summed E-state index contributed by atoms with van der Waals surface area (Å²) in [6.45, 7) is 0.654. The van der Waals surface area contributed by atoms with Gasteiger partial charge in [0.05, 0.1) is 6.20 Å². The second-order valence-electron chi connectivity index (χ2n) is 3.56. The molecule has 0 fully saturated rings. The molecule has 0 radical (unpaired) electrons. The molecule has 0 aliphatic rings. The van der Waals surface area contributed by atoms with Gasteiger partial charge in [-0.15, -0.1) is 0 Å². The fourth-order valence-corrected chi connectivity index (χ4v) is 1.70. The lowest BCUT2D eigenvalue weighted by Gasteiger charge is -2.00. The summed E-state index contributed by atoms with van der Waals surface area (Å²) in [6, 6.07) is 7.63. The molecule has 0 unspecified atom stereocenters. The van der Waals surface area contributed by atoms with Crippen LogP contribution in [0.4, 0.5) is 0 Å². The molecule has 0 bridgehead atoms. The van der Waals surface area contributed by atoms with E-state index in [1.165, 1.54) is 0 Å². The first kappa shape index (κ1) is 11.2. The van der Waals surface area contributed by atoms with Crippen molar-refractivity contribution >= 4 is 11.6 Å². The van der Waals surface area contributed by atoms with Crippen molar-refractivity contribution in [2.45, 2.75) is 12.8 Å². The minimum absolute atomic E-state index is 0.654. The minimum Gasteiger partial charge on any atom is -0.361 e. The maximum absolute atomic E-state index is 5.84. The second-order valence-corrected chi connectivity index (χ2v) is 4.00. The van der Waals surface area contributed by atoms with Gasteiger partial charge in [-0.3, -0.25) is 0 Å². The molecule has 0 amide bonds. The molecule has 1 aromatic carbocycles. The smallest absolute Gasteiger partial charge is 0.144 e. The Kier molecular flexibility index (Phi) is 3.59. The Morgan fingerprint density at radius 3 is 2.69 bits per heavy atom. The van der Waals surface area contributed by atoms with E-state index in [4.69, 9.17) is 21.9 Å². The lowest BCUT2D eigenvalue weighted by Crippen LogP contribution is -2.00. The van der Waals surface area contributed by atoms with Crippen molar-refractivity contribution in [3.8, 4) is 11.1 Å². The van der Waals surface area contributed by atoms with Crippen LogP contribution in [0.15, 0.2) is 35.0 Å². The zero-order valence-electron chi connectivity index (χ0n) is 8.82. The Hall–Kier alpha value is -1.32. The molecule has 0 spiro atoms. The van der Waals surface area contributed by atoms with Crippen LogP contribution in [0.1, 0.15) is 12.2 Å². The summed E-state index contributed by atoms with van der Waals surface area (Å²) in [7, 11) is 0. The number of benzene rings is 1. The highest BCUT2D eigenvalue weighted by atomic mass is 35.5. The van der Waals surface area contributed by atoms with Gasteiger partial charge in [-0.05, 0) is 30.7 Å². The van der Waals surface area contributed by atoms with E-state index < -0.39 is 0 Å². The fourth-order valence-electron chi connectivity index (χ4n) is 1.57. The van der Waals surface area contributed by atoms with Crippen LogP contribution in [0.2, 0.25) is 5.02 Å². The van der Waals surface area contributed by atoms with Crippen LogP contribution in [0.3, 0.4) is 0 Å². The Labute approximate surface area is 99.2 Å². The molecule has 0 aliphatic carbocycles. The highest BCUT2D eigenvalue weighted by molar-refractivity contribution is 6.30. The molecule has 2 aromatic rings. The summed E-state index contributed by atoms with van der Waals surface area (Å²) in [6.07, 6.45) is 3.44. The maximum atomic E-state index is 5.84. The number of nitrogens with two attached hydrogens (primary N) is 1. The number of halogens is 1. The summed E-state index contributed by atoms with van der Waals surface area (Å²) in [5.41, 5.74) is 7.56.